The van der Waals surface area contributed by atoms with Crippen LogP contribution in [0.5, 0.6) is 23.0 Å². The molecule has 0 atom stereocenters. The van der Waals surface area contributed by atoms with Crippen LogP contribution in [0.3, 0.4) is 0 Å². The fourth-order valence-corrected chi connectivity index (χ4v) is 6.01. The van der Waals surface area contributed by atoms with Gasteiger partial charge in [-0.1, -0.05) is 18.2 Å². The van der Waals surface area contributed by atoms with Gasteiger partial charge in [-0.3, -0.25) is 9.11 Å². The van der Waals surface area contributed by atoms with Crippen LogP contribution in [0.25, 0.3) is 21.5 Å². The van der Waals surface area contributed by atoms with Crippen molar-refractivity contribution >= 4 is 75.9 Å². The molecule has 0 saturated heterocycles. The Labute approximate surface area is 277 Å². The van der Waals surface area contributed by atoms with Gasteiger partial charge in [-0.05, 0) is 89.6 Å². The van der Waals surface area contributed by atoms with Gasteiger partial charge >= 0.3 is 0 Å². The molecule has 0 amide bonds. The number of rotatable bonds is 8. The average Bonchev–Trinajstić information content (AvgIpc) is 3.04. The zero-order valence-electron chi connectivity index (χ0n) is 24.7. The van der Waals surface area contributed by atoms with Crippen molar-refractivity contribution in [3.63, 3.8) is 0 Å². The van der Waals surface area contributed by atoms with Gasteiger partial charge in [0.15, 0.2) is 11.5 Å². The van der Waals surface area contributed by atoms with Crippen molar-refractivity contribution < 1.29 is 46.4 Å². The first kappa shape index (κ1) is 32.8. The number of para-hydroxylation sites is 1. The van der Waals surface area contributed by atoms with Gasteiger partial charge in [-0.25, -0.2) is 0 Å². The Balaban J connectivity index is 1.32. The summed E-state index contributed by atoms with van der Waals surface area (Å²) in [4.78, 5) is -1.46. The molecule has 0 aliphatic rings. The Morgan fingerprint density at radius 3 is 1.80 bits per heavy atom. The van der Waals surface area contributed by atoms with Gasteiger partial charge < -0.3 is 25.7 Å². The van der Waals surface area contributed by atoms with E-state index in [4.69, 9.17) is 0 Å². The Morgan fingerprint density at radius 1 is 0.510 bits per heavy atom. The minimum Gasteiger partial charge on any atom is -0.506 e. The molecule has 0 saturated carbocycles. The van der Waals surface area contributed by atoms with E-state index in [0.29, 0.717) is 22.1 Å². The lowest BCUT2D eigenvalue weighted by atomic mass is 10.1. The average molecular weight is 702 g/mol. The first-order valence-electron chi connectivity index (χ1n) is 13.9. The van der Waals surface area contributed by atoms with Gasteiger partial charge in [0.2, 0.25) is 0 Å². The zero-order valence-corrected chi connectivity index (χ0v) is 26.3. The lowest BCUT2D eigenvalue weighted by Gasteiger charge is -2.12. The summed E-state index contributed by atoms with van der Waals surface area (Å²) < 4.78 is 66.8. The second-order valence-corrected chi connectivity index (χ2v) is 13.3. The van der Waals surface area contributed by atoms with Gasteiger partial charge in [0, 0.05) is 22.1 Å². The molecular formula is C32H23N5O10S2. The minimum absolute atomic E-state index is 0.0605. The molecular weight excluding hydrogens is 679 g/mol. The normalized spacial score (nSPS) is 12.4. The first-order valence-corrected chi connectivity index (χ1v) is 16.8. The summed E-state index contributed by atoms with van der Waals surface area (Å²) in [5.74, 6) is -1.45. The molecule has 0 aliphatic carbocycles. The van der Waals surface area contributed by atoms with Gasteiger partial charge in [-0.15, -0.1) is 20.5 Å². The summed E-state index contributed by atoms with van der Waals surface area (Å²) in [5.41, 5.74) is 0.271. The van der Waals surface area contributed by atoms with Gasteiger partial charge in [0.25, 0.3) is 20.2 Å². The van der Waals surface area contributed by atoms with Gasteiger partial charge in [0.05, 0.1) is 4.90 Å². The molecule has 6 rings (SSSR count). The van der Waals surface area contributed by atoms with Crippen LogP contribution in [-0.2, 0) is 20.2 Å². The van der Waals surface area contributed by atoms with Crippen molar-refractivity contribution in [2.45, 2.75) is 9.79 Å². The number of benzene rings is 6. The first-order chi connectivity index (χ1) is 23.2. The van der Waals surface area contributed by atoms with Crippen LogP contribution in [0.2, 0.25) is 0 Å². The number of azo groups is 2. The van der Waals surface area contributed by atoms with Crippen molar-refractivity contribution in [3.8, 4) is 23.0 Å². The number of hydrogen-bond acceptors (Lipinski definition) is 13. The molecule has 0 aliphatic heterocycles. The highest BCUT2D eigenvalue weighted by molar-refractivity contribution is 7.86. The quantitative estimate of drug-likeness (QED) is 0.0593. The van der Waals surface area contributed by atoms with E-state index in [-0.39, 0.29) is 33.6 Å². The van der Waals surface area contributed by atoms with E-state index in [1.54, 1.807) is 54.6 Å². The monoisotopic (exact) mass is 701 g/mol. The number of aromatic hydroxyl groups is 4. The summed E-state index contributed by atoms with van der Waals surface area (Å²) in [6.45, 7) is 0. The highest BCUT2D eigenvalue weighted by Gasteiger charge is 2.23. The topological polar surface area (TPSA) is 251 Å². The van der Waals surface area contributed by atoms with Crippen LogP contribution in [0.4, 0.5) is 34.1 Å². The van der Waals surface area contributed by atoms with Crippen LogP contribution in [0, 0.1) is 0 Å². The number of hydrogen-bond donors (Lipinski definition) is 7. The van der Waals surface area contributed by atoms with Crippen LogP contribution in [0.15, 0.2) is 127 Å². The van der Waals surface area contributed by atoms with E-state index in [1.807, 2.05) is 0 Å². The molecule has 0 aromatic heterocycles. The van der Waals surface area contributed by atoms with E-state index in [0.717, 1.165) is 24.3 Å². The third kappa shape index (κ3) is 6.81. The summed E-state index contributed by atoms with van der Waals surface area (Å²) in [5, 5.41) is 61.7. The maximum atomic E-state index is 12.3. The highest BCUT2D eigenvalue weighted by atomic mass is 32.2. The fraction of sp³-hybridized carbons (Fsp3) is 0. The molecule has 15 nitrogen and oxygen atoms in total. The Kier molecular flexibility index (Phi) is 8.34. The number of anilines is 2. The molecule has 17 heteroatoms. The molecule has 0 bridgehead atoms. The number of nitrogens with one attached hydrogen (secondary N) is 1. The van der Waals surface area contributed by atoms with Crippen molar-refractivity contribution in [2.75, 3.05) is 5.32 Å². The summed E-state index contributed by atoms with van der Waals surface area (Å²) in [6.07, 6.45) is 0. The smallest absolute Gasteiger partial charge is 0.296 e. The molecule has 248 valence electrons. The second-order valence-electron chi connectivity index (χ2n) is 10.5. The third-order valence-electron chi connectivity index (χ3n) is 7.24. The van der Waals surface area contributed by atoms with E-state index in [2.05, 4.69) is 25.8 Å². The summed E-state index contributed by atoms with van der Waals surface area (Å²) in [7, 11) is -9.68. The van der Waals surface area contributed by atoms with E-state index in [9.17, 15) is 46.4 Å². The second kappa shape index (κ2) is 12.5. The maximum absolute atomic E-state index is 12.3. The van der Waals surface area contributed by atoms with E-state index >= 15 is 0 Å². The molecule has 7 N–H and O–H groups in total. The van der Waals surface area contributed by atoms with Crippen LogP contribution < -0.4 is 5.32 Å². The predicted octanol–water partition coefficient (Wildman–Crippen LogP) is 7.88. The fourth-order valence-electron chi connectivity index (χ4n) is 4.85. The van der Waals surface area contributed by atoms with Crippen molar-refractivity contribution in [1.82, 2.24) is 0 Å². The Bertz CT molecular complexity index is 2590. The van der Waals surface area contributed by atoms with Crippen LogP contribution in [-0.4, -0.2) is 46.4 Å². The number of phenols is 4. The highest BCUT2D eigenvalue weighted by Crippen LogP contribution is 2.43. The largest absolute Gasteiger partial charge is 0.506 e. The molecule has 0 fully saturated rings. The van der Waals surface area contributed by atoms with Crippen molar-refractivity contribution in [1.29, 1.82) is 0 Å². The van der Waals surface area contributed by atoms with E-state index < -0.39 is 52.9 Å². The molecule has 0 heterocycles. The molecule has 0 unspecified atom stereocenters. The van der Waals surface area contributed by atoms with Gasteiger partial charge in [-0.2, -0.15) is 16.8 Å². The predicted molar refractivity (Wildman–Crippen MR) is 179 cm³/mol. The Hall–Kier alpha value is -6.14. The molecule has 49 heavy (non-hydrogen) atoms. The summed E-state index contributed by atoms with van der Waals surface area (Å²) in [6, 6.07) is 22.8. The van der Waals surface area contributed by atoms with Crippen molar-refractivity contribution in [2.24, 2.45) is 20.5 Å². The van der Waals surface area contributed by atoms with E-state index in [1.165, 1.54) is 18.2 Å². The third-order valence-corrected chi connectivity index (χ3v) is 8.95. The maximum Gasteiger partial charge on any atom is 0.296 e. The Morgan fingerprint density at radius 2 is 1.12 bits per heavy atom. The number of phenolic OH excluding ortho intramolecular Hbond substituents is 4. The van der Waals surface area contributed by atoms with Crippen LogP contribution >= 0.6 is 0 Å². The molecule has 6 aromatic rings. The van der Waals surface area contributed by atoms with Crippen molar-refractivity contribution in [3.05, 3.63) is 97.1 Å². The zero-order chi connectivity index (χ0) is 35.1. The standard InChI is InChI=1S/C32H23N5O10S2/c38-27-4-2-1-3-24(27)34-35-25-11-5-17-13-19(6-9-22(17)31(25)40)33-20-7-10-23-18(14-20)15-29(49(45,46)47)30(32(23)41)37-36-26-16-21(48(42,43)44)8-12-28(26)39/h1-16,33,38-41H,(H,42,43,44)(H,45,46,47). The number of fused-ring (bicyclic) bond motifs is 2. The minimum atomic E-state index is -5.00. The molecule has 0 radical (unpaired) electrons. The van der Waals surface area contributed by atoms with Crippen LogP contribution in [0.1, 0.15) is 0 Å². The number of nitrogens with zero attached hydrogens (tertiary/aromatic N) is 4. The SMILES string of the molecule is O=S(=O)(O)c1ccc(O)c(N=Nc2c(S(=O)(=O)O)cc3cc(Nc4ccc5c(O)c(N=Nc6ccccc6O)ccc5c4)ccc3c2O)c1. The molecule has 6 aromatic carbocycles. The lowest BCUT2D eigenvalue weighted by molar-refractivity contribution is 0.471. The lowest BCUT2D eigenvalue weighted by Crippen LogP contribution is -1.99. The molecule has 0 spiro atoms. The summed E-state index contributed by atoms with van der Waals surface area (Å²) >= 11 is 0. The van der Waals surface area contributed by atoms with Gasteiger partial charge in [0.1, 0.15) is 39.1 Å².